The molecule has 4 heteroatoms. The maximum Gasteiger partial charge on any atom is 0.221 e. The lowest BCUT2D eigenvalue weighted by atomic mass is 10.1. The Labute approximate surface area is 107 Å². The molecule has 0 spiro atoms. The van der Waals surface area contributed by atoms with Gasteiger partial charge in [-0.1, -0.05) is 18.2 Å². The van der Waals surface area contributed by atoms with Gasteiger partial charge in [-0.25, -0.2) is 4.98 Å². The van der Waals surface area contributed by atoms with E-state index < -0.39 is 0 Å². The molecule has 0 fully saturated rings. The Morgan fingerprint density at radius 3 is 2.56 bits per heavy atom. The van der Waals surface area contributed by atoms with Crippen molar-refractivity contribution >= 4 is 17.5 Å². The van der Waals surface area contributed by atoms with Gasteiger partial charge in [-0.15, -0.1) is 0 Å². The van der Waals surface area contributed by atoms with E-state index in [0.29, 0.717) is 5.95 Å². The topological polar surface area (TPSA) is 55.0 Å². The number of nitrogen functional groups attached to an aromatic ring is 1. The standard InChI is InChI=1S/C14H18N4/c1-4-18(12-8-6-5-7-10(12)2)13-11(3)9-16-14(15)17-13/h5-9H,4H2,1-3H3,(H2,15,16,17). The zero-order chi connectivity index (χ0) is 13.1. The molecule has 0 unspecified atom stereocenters. The van der Waals surface area contributed by atoms with Crippen molar-refractivity contribution in [2.45, 2.75) is 20.8 Å². The monoisotopic (exact) mass is 242 g/mol. The molecule has 2 N–H and O–H groups in total. The summed E-state index contributed by atoms with van der Waals surface area (Å²) in [6.45, 7) is 7.03. The van der Waals surface area contributed by atoms with E-state index in [-0.39, 0.29) is 0 Å². The van der Waals surface area contributed by atoms with E-state index in [0.717, 1.165) is 23.6 Å². The predicted octanol–water partition coefficient (Wildman–Crippen LogP) is 2.83. The summed E-state index contributed by atoms with van der Waals surface area (Å²) in [6.07, 6.45) is 1.76. The van der Waals surface area contributed by atoms with E-state index in [9.17, 15) is 0 Å². The van der Waals surface area contributed by atoms with Crippen LogP contribution in [0, 0.1) is 13.8 Å². The van der Waals surface area contributed by atoms with Gasteiger partial charge in [0.1, 0.15) is 5.82 Å². The van der Waals surface area contributed by atoms with Crippen LogP contribution in [0.1, 0.15) is 18.1 Å². The van der Waals surface area contributed by atoms with Crippen LogP contribution < -0.4 is 10.6 Å². The van der Waals surface area contributed by atoms with Gasteiger partial charge in [0, 0.05) is 24.0 Å². The van der Waals surface area contributed by atoms with Gasteiger partial charge in [-0.2, -0.15) is 4.98 Å². The SMILES string of the molecule is CCN(c1ccccc1C)c1nc(N)ncc1C. The molecule has 0 aliphatic rings. The first-order valence-electron chi connectivity index (χ1n) is 6.05. The molecule has 0 atom stereocenters. The van der Waals surface area contributed by atoms with Crippen LogP contribution in [0.2, 0.25) is 0 Å². The third kappa shape index (κ3) is 2.27. The maximum absolute atomic E-state index is 5.69. The zero-order valence-electron chi connectivity index (χ0n) is 11.0. The van der Waals surface area contributed by atoms with Crippen LogP contribution in [0.4, 0.5) is 17.5 Å². The van der Waals surface area contributed by atoms with Crippen molar-refractivity contribution in [2.24, 2.45) is 0 Å². The second-order valence-corrected chi connectivity index (χ2v) is 4.27. The number of nitrogens with two attached hydrogens (primary N) is 1. The van der Waals surface area contributed by atoms with Crippen molar-refractivity contribution in [3.05, 3.63) is 41.6 Å². The summed E-state index contributed by atoms with van der Waals surface area (Å²) in [5.41, 5.74) is 9.08. The van der Waals surface area contributed by atoms with Gasteiger partial charge < -0.3 is 10.6 Å². The third-order valence-electron chi connectivity index (χ3n) is 2.94. The van der Waals surface area contributed by atoms with Gasteiger partial charge in [0.15, 0.2) is 0 Å². The number of hydrogen-bond acceptors (Lipinski definition) is 4. The third-order valence-corrected chi connectivity index (χ3v) is 2.94. The normalized spacial score (nSPS) is 10.4. The number of aromatic nitrogens is 2. The molecule has 0 saturated carbocycles. The molecule has 94 valence electrons. The van der Waals surface area contributed by atoms with Gasteiger partial charge in [0.25, 0.3) is 0 Å². The van der Waals surface area contributed by atoms with Crippen molar-refractivity contribution in [1.82, 2.24) is 9.97 Å². The minimum Gasteiger partial charge on any atom is -0.368 e. The molecule has 18 heavy (non-hydrogen) atoms. The van der Waals surface area contributed by atoms with Crippen LogP contribution in [0.15, 0.2) is 30.5 Å². The molecule has 0 amide bonds. The van der Waals surface area contributed by atoms with Gasteiger partial charge in [-0.05, 0) is 32.4 Å². The molecular weight excluding hydrogens is 224 g/mol. The summed E-state index contributed by atoms with van der Waals surface area (Å²) in [6, 6.07) is 8.26. The predicted molar refractivity (Wildman–Crippen MR) is 75.0 cm³/mol. The fourth-order valence-electron chi connectivity index (χ4n) is 2.02. The molecule has 1 aromatic heterocycles. The summed E-state index contributed by atoms with van der Waals surface area (Å²) < 4.78 is 0. The fraction of sp³-hybridized carbons (Fsp3) is 0.286. The first kappa shape index (κ1) is 12.4. The number of hydrogen-bond donors (Lipinski definition) is 1. The lowest BCUT2D eigenvalue weighted by Crippen LogP contribution is -2.20. The van der Waals surface area contributed by atoms with Crippen molar-refractivity contribution in [3.8, 4) is 0 Å². The highest BCUT2D eigenvalue weighted by molar-refractivity contribution is 5.66. The summed E-state index contributed by atoms with van der Waals surface area (Å²) in [7, 11) is 0. The summed E-state index contributed by atoms with van der Waals surface area (Å²) in [5.74, 6) is 1.18. The van der Waals surface area contributed by atoms with E-state index in [4.69, 9.17) is 5.73 Å². The van der Waals surface area contributed by atoms with E-state index in [1.807, 2.05) is 19.1 Å². The zero-order valence-corrected chi connectivity index (χ0v) is 11.0. The first-order chi connectivity index (χ1) is 8.63. The molecule has 0 radical (unpaired) electrons. The lowest BCUT2D eigenvalue weighted by Gasteiger charge is -2.25. The lowest BCUT2D eigenvalue weighted by molar-refractivity contribution is 0.962. The highest BCUT2D eigenvalue weighted by Gasteiger charge is 2.13. The second-order valence-electron chi connectivity index (χ2n) is 4.27. The Morgan fingerprint density at radius 2 is 1.89 bits per heavy atom. The minimum atomic E-state index is 0.308. The Hall–Kier alpha value is -2.10. The quantitative estimate of drug-likeness (QED) is 0.899. The summed E-state index contributed by atoms with van der Waals surface area (Å²) >= 11 is 0. The van der Waals surface area contributed by atoms with Crippen molar-refractivity contribution < 1.29 is 0 Å². The van der Waals surface area contributed by atoms with E-state index in [1.165, 1.54) is 5.56 Å². The van der Waals surface area contributed by atoms with Crippen LogP contribution in [0.3, 0.4) is 0 Å². The molecule has 2 aromatic rings. The number of nitrogens with zero attached hydrogens (tertiary/aromatic N) is 3. The Morgan fingerprint density at radius 1 is 1.17 bits per heavy atom. The smallest absolute Gasteiger partial charge is 0.221 e. The van der Waals surface area contributed by atoms with Crippen LogP contribution >= 0.6 is 0 Å². The Bertz CT molecular complexity index is 551. The number of benzene rings is 1. The van der Waals surface area contributed by atoms with E-state index in [2.05, 4.69) is 40.8 Å². The van der Waals surface area contributed by atoms with Crippen LogP contribution in [-0.4, -0.2) is 16.5 Å². The van der Waals surface area contributed by atoms with Crippen molar-refractivity contribution in [3.63, 3.8) is 0 Å². The van der Waals surface area contributed by atoms with Crippen LogP contribution in [0.25, 0.3) is 0 Å². The number of rotatable bonds is 3. The molecule has 0 saturated heterocycles. The van der Waals surface area contributed by atoms with Crippen molar-refractivity contribution in [2.75, 3.05) is 17.2 Å². The highest BCUT2D eigenvalue weighted by atomic mass is 15.2. The molecule has 0 aliphatic carbocycles. The average Bonchev–Trinajstić information content (AvgIpc) is 2.36. The Balaban J connectivity index is 2.52. The summed E-state index contributed by atoms with van der Waals surface area (Å²) in [4.78, 5) is 10.5. The molecule has 4 nitrogen and oxygen atoms in total. The highest BCUT2D eigenvalue weighted by Crippen LogP contribution is 2.28. The Kier molecular flexibility index (Phi) is 3.46. The molecule has 2 rings (SSSR count). The average molecular weight is 242 g/mol. The molecule has 1 heterocycles. The van der Waals surface area contributed by atoms with Crippen LogP contribution in [-0.2, 0) is 0 Å². The number of anilines is 3. The molecule has 0 bridgehead atoms. The molecule has 1 aromatic carbocycles. The van der Waals surface area contributed by atoms with Gasteiger partial charge in [0.2, 0.25) is 5.95 Å². The fourth-order valence-corrected chi connectivity index (χ4v) is 2.02. The van der Waals surface area contributed by atoms with Crippen LogP contribution in [0.5, 0.6) is 0 Å². The minimum absolute atomic E-state index is 0.308. The van der Waals surface area contributed by atoms with E-state index >= 15 is 0 Å². The number of para-hydroxylation sites is 1. The first-order valence-corrected chi connectivity index (χ1v) is 6.05. The largest absolute Gasteiger partial charge is 0.368 e. The van der Waals surface area contributed by atoms with E-state index in [1.54, 1.807) is 6.20 Å². The van der Waals surface area contributed by atoms with Crippen molar-refractivity contribution in [1.29, 1.82) is 0 Å². The molecular formula is C14H18N4. The summed E-state index contributed by atoms with van der Waals surface area (Å²) in [5, 5.41) is 0. The number of aryl methyl sites for hydroxylation is 2. The molecule has 0 aliphatic heterocycles. The van der Waals surface area contributed by atoms with Gasteiger partial charge in [-0.3, -0.25) is 0 Å². The van der Waals surface area contributed by atoms with Gasteiger partial charge >= 0.3 is 0 Å². The maximum atomic E-state index is 5.69. The van der Waals surface area contributed by atoms with Gasteiger partial charge in [0.05, 0.1) is 0 Å². The second kappa shape index (κ2) is 5.04.